The molecule has 2 amide bonds. The lowest BCUT2D eigenvalue weighted by Gasteiger charge is -2.14. The zero-order chi connectivity index (χ0) is 14.1. The maximum atomic E-state index is 11.9. The molecule has 0 saturated carbocycles. The van der Waals surface area contributed by atoms with Gasteiger partial charge >= 0.3 is 0 Å². The molecule has 0 bridgehead atoms. The van der Waals surface area contributed by atoms with Gasteiger partial charge < -0.3 is 15.1 Å². The molecule has 2 aromatic rings. The van der Waals surface area contributed by atoms with E-state index in [1.807, 2.05) is 25.1 Å². The van der Waals surface area contributed by atoms with Gasteiger partial charge in [-0.05, 0) is 30.2 Å². The normalized spacial score (nSPS) is 14.6. The predicted molar refractivity (Wildman–Crippen MR) is 73.4 cm³/mol. The molecule has 102 valence electrons. The van der Waals surface area contributed by atoms with Crippen LogP contribution in [0.5, 0.6) is 0 Å². The summed E-state index contributed by atoms with van der Waals surface area (Å²) in [5, 5.41) is 5.68. The Morgan fingerprint density at radius 3 is 3.00 bits per heavy atom. The monoisotopic (exact) mass is 270 g/mol. The summed E-state index contributed by atoms with van der Waals surface area (Å²) in [6.45, 7) is 1.91. The van der Waals surface area contributed by atoms with E-state index in [1.54, 1.807) is 6.07 Å². The molecule has 2 heterocycles. The Morgan fingerprint density at radius 1 is 1.40 bits per heavy atom. The van der Waals surface area contributed by atoms with Gasteiger partial charge in [0.05, 0.1) is 24.3 Å². The quantitative estimate of drug-likeness (QED) is 0.898. The number of carbonyl (C=O) groups excluding carboxylic acids is 2. The number of carbonyl (C=O) groups is 2. The van der Waals surface area contributed by atoms with Crippen LogP contribution in [0.15, 0.2) is 41.2 Å². The van der Waals surface area contributed by atoms with Gasteiger partial charge in [-0.15, -0.1) is 0 Å². The van der Waals surface area contributed by atoms with Gasteiger partial charge in [0, 0.05) is 5.69 Å². The van der Waals surface area contributed by atoms with Crippen LogP contribution in [0, 0.1) is 0 Å². The second kappa shape index (κ2) is 4.85. The van der Waals surface area contributed by atoms with Crippen LogP contribution in [-0.4, -0.2) is 11.8 Å². The lowest BCUT2D eigenvalue weighted by molar-refractivity contribution is -0.115. The van der Waals surface area contributed by atoms with E-state index in [0.717, 1.165) is 16.8 Å². The van der Waals surface area contributed by atoms with Crippen LogP contribution in [-0.2, 0) is 11.2 Å². The van der Waals surface area contributed by atoms with Crippen molar-refractivity contribution in [3.8, 4) is 0 Å². The molecule has 20 heavy (non-hydrogen) atoms. The molecule has 5 nitrogen and oxygen atoms in total. The van der Waals surface area contributed by atoms with Crippen LogP contribution in [0.3, 0.4) is 0 Å². The van der Waals surface area contributed by atoms with E-state index in [2.05, 4.69) is 10.6 Å². The lowest BCUT2D eigenvalue weighted by atomic mass is 10.0. The first-order valence-electron chi connectivity index (χ1n) is 6.39. The number of amides is 2. The highest BCUT2D eigenvalue weighted by Gasteiger charge is 2.19. The summed E-state index contributed by atoms with van der Waals surface area (Å²) in [5.41, 5.74) is 3.29. The number of benzene rings is 1. The molecule has 1 aromatic carbocycles. The van der Waals surface area contributed by atoms with E-state index in [1.165, 1.54) is 12.5 Å². The predicted octanol–water partition coefficient (Wildman–Crippen LogP) is 2.27. The fourth-order valence-electron chi connectivity index (χ4n) is 2.28. The Bertz CT molecular complexity index is 662. The number of furan rings is 1. The summed E-state index contributed by atoms with van der Waals surface area (Å²) in [7, 11) is 0. The first kappa shape index (κ1) is 12.5. The molecular formula is C15H14N2O3. The first-order valence-corrected chi connectivity index (χ1v) is 6.39. The fraction of sp³-hybridized carbons (Fsp3) is 0.200. The van der Waals surface area contributed by atoms with Gasteiger partial charge in [0.15, 0.2) is 0 Å². The SMILES string of the molecule is CC(NC(=O)c1ccoc1)c1ccc2c(c1)CC(=O)N2. The number of hydrogen-bond acceptors (Lipinski definition) is 3. The van der Waals surface area contributed by atoms with Crippen molar-refractivity contribution < 1.29 is 14.0 Å². The molecule has 1 aliphatic rings. The Hall–Kier alpha value is -2.56. The molecule has 0 fully saturated rings. The number of nitrogens with one attached hydrogen (secondary N) is 2. The molecule has 0 spiro atoms. The Labute approximate surface area is 116 Å². The molecule has 0 saturated heterocycles. The second-order valence-corrected chi connectivity index (χ2v) is 4.85. The zero-order valence-corrected chi connectivity index (χ0v) is 11.0. The Balaban J connectivity index is 1.75. The van der Waals surface area contributed by atoms with Gasteiger partial charge in [-0.25, -0.2) is 0 Å². The summed E-state index contributed by atoms with van der Waals surface area (Å²) in [6, 6.07) is 7.21. The lowest BCUT2D eigenvalue weighted by Crippen LogP contribution is -2.26. The highest BCUT2D eigenvalue weighted by molar-refractivity contribution is 5.99. The van der Waals surface area contributed by atoms with Crippen molar-refractivity contribution in [3.05, 3.63) is 53.5 Å². The van der Waals surface area contributed by atoms with E-state index in [9.17, 15) is 9.59 Å². The topological polar surface area (TPSA) is 71.3 Å². The highest BCUT2D eigenvalue weighted by atomic mass is 16.3. The van der Waals surface area contributed by atoms with Crippen molar-refractivity contribution in [2.24, 2.45) is 0 Å². The Kier molecular flexibility index (Phi) is 3.02. The van der Waals surface area contributed by atoms with Crippen molar-refractivity contribution in [1.29, 1.82) is 0 Å². The molecule has 3 rings (SSSR count). The smallest absolute Gasteiger partial charge is 0.255 e. The van der Waals surface area contributed by atoms with Gasteiger partial charge in [0.1, 0.15) is 6.26 Å². The third-order valence-electron chi connectivity index (χ3n) is 3.39. The summed E-state index contributed by atoms with van der Waals surface area (Å²) in [5.74, 6) is -0.173. The molecule has 1 aliphatic heterocycles. The number of anilines is 1. The van der Waals surface area contributed by atoms with Crippen LogP contribution in [0.25, 0.3) is 0 Å². The van der Waals surface area contributed by atoms with Crippen molar-refractivity contribution >= 4 is 17.5 Å². The number of fused-ring (bicyclic) bond motifs is 1. The maximum absolute atomic E-state index is 11.9. The third kappa shape index (κ3) is 2.30. The van der Waals surface area contributed by atoms with Crippen LogP contribution < -0.4 is 10.6 Å². The van der Waals surface area contributed by atoms with Crippen molar-refractivity contribution in [3.63, 3.8) is 0 Å². The maximum Gasteiger partial charge on any atom is 0.255 e. The van der Waals surface area contributed by atoms with Crippen molar-refractivity contribution in [1.82, 2.24) is 5.32 Å². The molecule has 1 aromatic heterocycles. The van der Waals surface area contributed by atoms with Crippen LogP contribution in [0.2, 0.25) is 0 Å². The second-order valence-electron chi connectivity index (χ2n) is 4.85. The molecule has 0 radical (unpaired) electrons. The largest absolute Gasteiger partial charge is 0.472 e. The number of hydrogen-bond donors (Lipinski definition) is 2. The van der Waals surface area contributed by atoms with Crippen molar-refractivity contribution in [2.45, 2.75) is 19.4 Å². The third-order valence-corrected chi connectivity index (χ3v) is 3.39. The van der Waals surface area contributed by atoms with E-state index in [-0.39, 0.29) is 17.9 Å². The summed E-state index contributed by atoms with van der Waals surface area (Å²) in [4.78, 5) is 23.3. The van der Waals surface area contributed by atoms with E-state index in [4.69, 9.17) is 4.42 Å². The van der Waals surface area contributed by atoms with Gasteiger partial charge in [-0.3, -0.25) is 9.59 Å². The molecule has 2 N–H and O–H groups in total. The van der Waals surface area contributed by atoms with Gasteiger partial charge in [0.25, 0.3) is 5.91 Å². The first-order chi connectivity index (χ1) is 9.63. The summed E-state index contributed by atoms with van der Waals surface area (Å²) < 4.78 is 4.89. The molecular weight excluding hydrogens is 256 g/mol. The van der Waals surface area contributed by atoms with Gasteiger partial charge in [-0.2, -0.15) is 0 Å². The minimum atomic E-state index is -0.180. The fourth-order valence-corrected chi connectivity index (χ4v) is 2.28. The van der Waals surface area contributed by atoms with Gasteiger partial charge in [-0.1, -0.05) is 12.1 Å². The number of rotatable bonds is 3. The van der Waals surface area contributed by atoms with Crippen LogP contribution in [0.4, 0.5) is 5.69 Å². The Morgan fingerprint density at radius 2 is 2.25 bits per heavy atom. The van der Waals surface area contributed by atoms with Gasteiger partial charge in [0.2, 0.25) is 5.91 Å². The van der Waals surface area contributed by atoms with Crippen molar-refractivity contribution in [2.75, 3.05) is 5.32 Å². The summed E-state index contributed by atoms with van der Waals surface area (Å²) >= 11 is 0. The average molecular weight is 270 g/mol. The van der Waals surface area contributed by atoms with Crippen LogP contribution >= 0.6 is 0 Å². The minimum Gasteiger partial charge on any atom is -0.472 e. The zero-order valence-electron chi connectivity index (χ0n) is 11.0. The molecule has 5 heteroatoms. The van der Waals surface area contributed by atoms with E-state index < -0.39 is 0 Å². The van der Waals surface area contributed by atoms with Crippen LogP contribution in [0.1, 0.15) is 34.5 Å². The standard InChI is InChI=1S/C15H14N2O3/c1-9(16-15(19)11-4-5-20-8-11)10-2-3-13-12(6-10)7-14(18)17-13/h2-6,8-9H,7H2,1H3,(H,16,19)(H,17,18). The molecule has 0 aliphatic carbocycles. The summed E-state index contributed by atoms with van der Waals surface area (Å²) in [6.07, 6.45) is 3.27. The molecule has 1 unspecified atom stereocenters. The average Bonchev–Trinajstić information content (AvgIpc) is 3.05. The minimum absolute atomic E-state index is 0.00670. The highest BCUT2D eigenvalue weighted by Crippen LogP contribution is 2.26. The van der Waals surface area contributed by atoms with E-state index in [0.29, 0.717) is 12.0 Å². The van der Waals surface area contributed by atoms with E-state index >= 15 is 0 Å². The molecule has 1 atom stereocenters.